The number of nitro groups is 1. The number of nitrogens with one attached hydrogen (secondary N) is 1. The fraction of sp³-hybridized carbons (Fsp3) is 0. The van der Waals surface area contributed by atoms with Crippen molar-refractivity contribution in [1.82, 2.24) is 5.43 Å². The molecule has 0 radical (unpaired) electrons. The molecule has 0 aliphatic carbocycles. The van der Waals surface area contributed by atoms with Crippen LogP contribution in [-0.2, 0) is 0 Å². The van der Waals surface area contributed by atoms with Crippen LogP contribution in [-0.4, -0.2) is 22.2 Å². The highest BCUT2D eigenvalue weighted by Crippen LogP contribution is 2.29. The molecule has 2 aromatic carbocycles. The van der Waals surface area contributed by atoms with E-state index >= 15 is 0 Å². The van der Waals surface area contributed by atoms with Crippen LogP contribution >= 0.6 is 11.6 Å². The summed E-state index contributed by atoms with van der Waals surface area (Å²) in [5.74, 6) is -1.58. The van der Waals surface area contributed by atoms with Crippen LogP contribution in [0.3, 0.4) is 0 Å². The SMILES string of the molecule is O=C(N/N=C/c1cc(Cl)cc([N+](=O)[O-])c1[O-])c1cccc(O)c1. The lowest BCUT2D eigenvalue weighted by Gasteiger charge is -2.10. The fourth-order valence-corrected chi connectivity index (χ4v) is 1.92. The number of hydrazone groups is 1. The second kappa shape index (κ2) is 6.75. The Bertz CT molecular complexity index is 807. The van der Waals surface area contributed by atoms with E-state index in [2.05, 4.69) is 10.5 Å². The zero-order chi connectivity index (χ0) is 17.0. The zero-order valence-electron chi connectivity index (χ0n) is 11.4. The summed E-state index contributed by atoms with van der Waals surface area (Å²) in [6, 6.07) is 7.69. The van der Waals surface area contributed by atoms with Gasteiger partial charge in [-0.05, 0) is 35.6 Å². The van der Waals surface area contributed by atoms with Gasteiger partial charge in [0.2, 0.25) is 0 Å². The normalized spacial score (nSPS) is 10.7. The lowest BCUT2D eigenvalue weighted by Crippen LogP contribution is -2.17. The van der Waals surface area contributed by atoms with E-state index in [4.69, 9.17) is 11.6 Å². The molecule has 8 nitrogen and oxygen atoms in total. The van der Waals surface area contributed by atoms with Gasteiger partial charge in [0.05, 0.1) is 11.1 Å². The number of hydrogen-bond acceptors (Lipinski definition) is 6. The van der Waals surface area contributed by atoms with Gasteiger partial charge < -0.3 is 10.2 Å². The smallest absolute Gasteiger partial charge is 0.271 e. The van der Waals surface area contributed by atoms with Crippen molar-refractivity contribution in [2.45, 2.75) is 0 Å². The Kier molecular flexibility index (Phi) is 4.77. The molecular weight excluding hydrogens is 326 g/mol. The number of halogens is 1. The number of aromatic hydroxyl groups is 1. The summed E-state index contributed by atoms with van der Waals surface area (Å²) >= 11 is 5.70. The molecule has 0 aliphatic heterocycles. The predicted molar refractivity (Wildman–Crippen MR) is 80.7 cm³/mol. The Morgan fingerprint density at radius 3 is 2.74 bits per heavy atom. The highest BCUT2D eigenvalue weighted by Gasteiger charge is 2.11. The summed E-state index contributed by atoms with van der Waals surface area (Å²) < 4.78 is 0. The number of phenolic OH excluding ortho intramolecular Hbond substituents is 1. The number of nitrogens with zero attached hydrogens (tertiary/aromatic N) is 2. The summed E-state index contributed by atoms with van der Waals surface area (Å²) in [7, 11) is 0. The topological polar surface area (TPSA) is 128 Å². The molecule has 2 rings (SSSR count). The minimum atomic E-state index is -0.866. The van der Waals surface area contributed by atoms with E-state index in [1.807, 2.05) is 0 Å². The van der Waals surface area contributed by atoms with Crippen molar-refractivity contribution < 1.29 is 19.9 Å². The molecule has 118 valence electrons. The number of carbonyl (C=O) groups is 1. The number of hydrogen-bond donors (Lipinski definition) is 2. The average molecular weight is 335 g/mol. The highest BCUT2D eigenvalue weighted by molar-refractivity contribution is 6.31. The van der Waals surface area contributed by atoms with Crippen LogP contribution < -0.4 is 10.5 Å². The average Bonchev–Trinajstić information content (AvgIpc) is 2.49. The maximum atomic E-state index is 11.8. The molecule has 0 heterocycles. The van der Waals surface area contributed by atoms with Crippen molar-refractivity contribution >= 4 is 29.4 Å². The van der Waals surface area contributed by atoms with E-state index in [1.165, 1.54) is 30.3 Å². The molecule has 0 spiro atoms. The molecule has 0 unspecified atom stereocenters. The van der Waals surface area contributed by atoms with E-state index in [0.29, 0.717) is 0 Å². The molecular formula is C14H9ClN3O5-. The number of amides is 1. The van der Waals surface area contributed by atoms with Gasteiger partial charge >= 0.3 is 0 Å². The second-order valence-corrected chi connectivity index (χ2v) is 4.79. The van der Waals surface area contributed by atoms with Crippen molar-refractivity contribution in [2.75, 3.05) is 0 Å². The number of carbonyl (C=O) groups excluding carboxylic acids is 1. The van der Waals surface area contributed by atoms with Crippen molar-refractivity contribution in [3.8, 4) is 11.5 Å². The molecule has 2 N–H and O–H groups in total. The van der Waals surface area contributed by atoms with E-state index in [0.717, 1.165) is 12.3 Å². The Morgan fingerprint density at radius 2 is 2.09 bits per heavy atom. The second-order valence-electron chi connectivity index (χ2n) is 4.35. The van der Waals surface area contributed by atoms with Crippen molar-refractivity contribution in [1.29, 1.82) is 0 Å². The monoisotopic (exact) mass is 334 g/mol. The largest absolute Gasteiger partial charge is 0.867 e. The van der Waals surface area contributed by atoms with Gasteiger partial charge in [-0.1, -0.05) is 17.7 Å². The first-order valence-corrected chi connectivity index (χ1v) is 6.53. The minimum absolute atomic E-state index is 0.00272. The van der Waals surface area contributed by atoms with Crippen LogP contribution in [0.2, 0.25) is 5.02 Å². The highest BCUT2D eigenvalue weighted by atomic mass is 35.5. The van der Waals surface area contributed by atoms with E-state index in [9.17, 15) is 25.1 Å². The van der Waals surface area contributed by atoms with Gasteiger partial charge in [-0.2, -0.15) is 5.10 Å². The van der Waals surface area contributed by atoms with Gasteiger partial charge in [-0.25, -0.2) is 5.43 Å². The molecule has 0 fully saturated rings. The van der Waals surface area contributed by atoms with Gasteiger partial charge in [0, 0.05) is 16.7 Å². The maximum Gasteiger partial charge on any atom is 0.271 e. The van der Waals surface area contributed by atoms with Crippen molar-refractivity contribution in [3.63, 3.8) is 0 Å². The summed E-state index contributed by atoms with van der Waals surface area (Å²) in [6.07, 6.45) is 0.960. The first-order valence-electron chi connectivity index (χ1n) is 6.16. The third-order valence-electron chi connectivity index (χ3n) is 2.74. The molecule has 0 saturated carbocycles. The molecule has 0 aliphatic rings. The lowest BCUT2D eigenvalue weighted by molar-refractivity contribution is -0.398. The quantitative estimate of drug-likeness (QED) is 0.500. The summed E-state index contributed by atoms with van der Waals surface area (Å²) in [5.41, 5.74) is 1.47. The van der Waals surface area contributed by atoms with Gasteiger partial charge in [0.15, 0.2) is 0 Å². The summed E-state index contributed by atoms with van der Waals surface area (Å²) in [6.45, 7) is 0. The molecule has 0 saturated heterocycles. The molecule has 0 aromatic heterocycles. The van der Waals surface area contributed by atoms with Crippen LogP contribution in [0.25, 0.3) is 0 Å². The molecule has 0 bridgehead atoms. The summed E-state index contributed by atoms with van der Waals surface area (Å²) in [5, 5.41) is 35.4. The van der Waals surface area contributed by atoms with Crippen LogP contribution in [0.5, 0.6) is 11.5 Å². The van der Waals surface area contributed by atoms with Crippen LogP contribution in [0.1, 0.15) is 15.9 Å². The first-order chi connectivity index (χ1) is 10.9. The Morgan fingerprint density at radius 1 is 1.35 bits per heavy atom. The van der Waals surface area contributed by atoms with E-state index < -0.39 is 22.3 Å². The Hall–Kier alpha value is -3.13. The molecule has 2 aromatic rings. The van der Waals surface area contributed by atoms with Gasteiger partial charge in [0.25, 0.3) is 11.6 Å². The van der Waals surface area contributed by atoms with Gasteiger partial charge in [-0.3, -0.25) is 14.9 Å². The Labute approximate surface area is 134 Å². The standard InChI is InChI=1S/C14H10ClN3O5/c15-10-4-9(13(20)12(6-10)18(22)23)7-16-17-14(21)8-2-1-3-11(19)5-8/h1-7,19-20H,(H,17,21)/p-1/b16-7+. The maximum absolute atomic E-state index is 11.8. The van der Waals surface area contributed by atoms with E-state index in [1.54, 1.807) is 0 Å². The zero-order valence-corrected chi connectivity index (χ0v) is 12.1. The molecule has 9 heteroatoms. The van der Waals surface area contributed by atoms with Crippen LogP contribution in [0, 0.1) is 10.1 Å². The summed E-state index contributed by atoms with van der Waals surface area (Å²) in [4.78, 5) is 21.6. The fourth-order valence-electron chi connectivity index (χ4n) is 1.70. The Balaban J connectivity index is 2.18. The van der Waals surface area contributed by atoms with Gasteiger partial charge in [-0.15, -0.1) is 0 Å². The lowest BCUT2D eigenvalue weighted by atomic mass is 10.2. The van der Waals surface area contributed by atoms with Gasteiger partial charge in [0.1, 0.15) is 5.75 Å². The first kappa shape index (κ1) is 16.2. The van der Waals surface area contributed by atoms with Crippen LogP contribution in [0.15, 0.2) is 41.5 Å². The van der Waals surface area contributed by atoms with Crippen LogP contribution in [0.4, 0.5) is 5.69 Å². The minimum Gasteiger partial charge on any atom is -0.867 e. The third-order valence-corrected chi connectivity index (χ3v) is 2.96. The van der Waals surface area contributed by atoms with Crippen molar-refractivity contribution in [3.05, 3.63) is 62.7 Å². The molecule has 23 heavy (non-hydrogen) atoms. The number of rotatable bonds is 4. The number of benzene rings is 2. The predicted octanol–water partition coefficient (Wildman–Crippen LogP) is 1.79. The number of nitro benzene ring substituents is 1. The number of phenols is 1. The third kappa shape index (κ3) is 3.95. The van der Waals surface area contributed by atoms with Crippen molar-refractivity contribution in [2.24, 2.45) is 5.10 Å². The molecule has 0 atom stereocenters. The van der Waals surface area contributed by atoms with E-state index in [-0.39, 0.29) is 21.9 Å². The molecule has 1 amide bonds.